The second-order valence-electron chi connectivity index (χ2n) is 3.37. The molecule has 0 spiro atoms. The van der Waals surface area contributed by atoms with Crippen molar-refractivity contribution in [3.8, 4) is 0 Å². The van der Waals surface area contributed by atoms with Gasteiger partial charge in [-0.05, 0) is 41.1 Å². The van der Waals surface area contributed by atoms with E-state index < -0.39 is 29.8 Å². The predicted molar refractivity (Wildman–Crippen MR) is 64.7 cm³/mol. The van der Waals surface area contributed by atoms with Crippen molar-refractivity contribution < 1.29 is 23.5 Å². The van der Waals surface area contributed by atoms with Crippen molar-refractivity contribution in [2.75, 3.05) is 6.61 Å². The molecule has 0 aliphatic carbocycles. The molecule has 0 amide bonds. The summed E-state index contributed by atoms with van der Waals surface area (Å²) in [6, 6.07) is 3.61. The van der Waals surface area contributed by atoms with Crippen LogP contribution in [0.5, 0.6) is 0 Å². The van der Waals surface area contributed by atoms with Crippen LogP contribution in [0.25, 0.3) is 0 Å². The Labute approximate surface area is 111 Å². The van der Waals surface area contributed by atoms with Crippen molar-refractivity contribution in [3.05, 3.63) is 34.1 Å². The first-order valence-electron chi connectivity index (χ1n) is 5.14. The van der Waals surface area contributed by atoms with Gasteiger partial charge in [-0.1, -0.05) is 0 Å². The lowest BCUT2D eigenvalue weighted by atomic mass is 10.1. The van der Waals surface area contributed by atoms with E-state index in [2.05, 4.69) is 20.7 Å². The van der Waals surface area contributed by atoms with E-state index in [4.69, 9.17) is 0 Å². The molecule has 0 saturated carbocycles. The number of Topliss-reactive ketones (excluding diaryl/α,β-unsaturated/α-hetero) is 2. The van der Waals surface area contributed by atoms with Crippen LogP contribution in [0.2, 0.25) is 0 Å². The van der Waals surface area contributed by atoms with Gasteiger partial charge >= 0.3 is 5.97 Å². The van der Waals surface area contributed by atoms with Crippen LogP contribution in [0.3, 0.4) is 0 Å². The molecule has 0 radical (unpaired) electrons. The van der Waals surface area contributed by atoms with E-state index in [1.165, 1.54) is 12.1 Å². The number of carbonyl (C=O) groups is 3. The van der Waals surface area contributed by atoms with Crippen LogP contribution >= 0.6 is 15.9 Å². The van der Waals surface area contributed by atoms with E-state index in [0.717, 1.165) is 6.07 Å². The maximum absolute atomic E-state index is 13.0. The Morgan fingerprint density at radius 2 is 2.00 bits per heavy atom. The molecular formula is C12H10BrFO4. The van der Waals surface area contributed by atoms with Crippen LogP contribution in [0.15, 0.2) is 22.7 Å². The number of hydrogen-bond acceptors (Lipinski definition) is 4. The Bertz CT molecular complexity index is 499. The first-order valence-corrected chi connectivity index (χ1v) is 5.93. The van der Waals surface area contributed by atoms with Crippen molar-refractivity contribution in [1.82, 2.24) is 0 Å². The molecule has 0 fully saturated rings. The van der Waals surface area contributed by atoms with Crippen LogP contribution in [-0.2, 0) is 14.3 Å². The van der Waals surface area contributed by atoms with Gasteiger partial charge in [-0.2, -0.15) is 0 Å². The van der Waals surface area contributed by atoms with E-state index >= 15 is 0 Å². The van der Waals surface area contributed by atoms with Gasteiger partial charge < -0.3 is 4.74 Å². The van der Waals surface area contributed by atoms with Crippen LogP contribution in [0.4, 0.5) is 4.39 Å². The fourth-order valence-corrected chi connectivity index (χ4v) is 1.58. The molecule has 18 heavy (non-hydrogen) atoms. The number of ether oxygens (including phenoxy) is 1. The second kappa shape index (κ2) is 6.39. The SMILES string of the molecule is CCOC(=O)C(=O)CC(=O)c1ccc(F)c(Br)c1. The summed E-state index contributed by atoms with van der Waals surface area (Å²) in [5.74, 6) is -3.02. The quantitative estimate of drug-likeness (QED) is 0.362. The zero-order valence-electron chi connectivity index (χ0n) is 9.54. The lowest BCUT2D eigenvalue weighted by Crippen LogP contribution is -2.20. The average Bonchev–Trinajstić information content (AvgIpc) is 2.32. The number of benzene rings is 1. The molecule has 0 heterocycles. The van der Waals surface area contributed by atoms with Crippen molar-refractivity contribution in [1.29, 1.82) is 0 Å². The third-order valence-corrected chi connectivity index (χ3v) is 2.67. The van der Waals surface area contributed by atoms with Crippen molar-refractivity contribution in [3.63, 3.8) is 0 Å². The average molecular weight is 317 g/mol. The molecule has 4 nitrogen and oxygen atoms in total. The number of carbonyl (C=O) groups excluding carboxylic acids is 3. The van der Waals surface area contributed by atoms with Crippen LogP contribution < -0.4 is 0 Å². The lowest BCUT2D eigenvalue weighted by molar-refractivity contribution is -0.153. The molecule has 0 saturated heterocycles. The van der Waals surface area contributed by atoms with E-state index in [1.54, 1.807) is 6.92 Å². The summed E-state index contributed by atoms with van der Waals surface area (Å²) in [5.41, 5.74) is 0.154. The van der Waals surface area contributed by atoms with Gasteiger partial charge in [0.2, 0.25) is 5.78 Å². The molecule has 6 heteroatoms. The highest BCUT2D eigenvalue weighted by Gasteiger charge is 2.20. The fourth-order valence-electron chi connectivity index (χ4n) is 1.20. The molecule has 1 rings (SSSR count). The number of hydrogen-bond donors (Lipinski definition) is 0. The molecule has 1 aromatic rings. The van der Waals surface area contributed by atoms with E-state index in [0.29, 0.717) is 0 Å². The first-order chi connectivity index (χ1) is 8.45. The Hall–Kier alpha value is -1.56. The van der Waals surface area contributed by atoms with Gasteiger partial charge in [-0.3, -0.25) is 9.59 Å². The highest BCUT2D eigenvalue weighted by molar-refractivity contribution is 9.10. The Kier molecular flexibility index (Phi) is 5.15. The molecule has 0 unspecified atom stereocenters. The van der Waals surface area contributed by atoms with Gasteiger partial charge in [-0.25, -0.2) is 9.18 Å². The van der Waals surface area contributed by atoms with Gasteiger partial charge in [0.25, 0.3) is 0 Å². The maximum Gasteiger partial charge on any atom is 0.375 e. The molecule has 0 aromatic heterocycles. The van der Waals surface area contributed by atoms with Crippen LogP contribution in [-0.4, -0.2) is 24.1 Å². The first kappa shape index (κ1) is 14.5. The summed E-state index contributed by atoms with van der Waals surface area (Å²) in [6.45, 7) is 1.63. The topological polar surface area (TPSA) is 60.4 Å². The lowest BCUT2D eigenvalue weighted by Gasteiger charge is -2.02. The standard InChI is InChI=1S/C12H10BrFO4/c1-2-18-12(17)11(16)6-10(15)7-3-4-9(14)8(13)5-7/h3-5H,2,6H2,1H3. The van der Waals surface area contributed by atoms with Crippen LogP contribution in [0, 0.1) is 5.82 Å². The zero-order chi connectivity index (χ0) is 13.7. The summed E-state index contributed by atoms with van der Waals surface area (Å²) < 4.78 is 17.5. The van der Waals surface area contributed by atoms with Crippen molar-refractivity contribution in [2.45, 2.75) is 13.3 Å². The monoisotopic (exact) mass is 316 g/mol. The normalized spacial score (nSPS) is 9.94. The number of rotatable bonds is 5. The molecule has 1 aromatic carbocycles. The van der Waals surface area contributed by atoms with Gasteiger partial charge in [0.1, 0.15) is 5.82 Å². The van der Waals surface area contributed by atoms with E-state index in [-0.39, 0.29) is 16.6 Å². The highest BCUT2D eigenvalue weighted by Crippen LogP contribution is 2.17. The van der Waals surface area contributed by atoms with Crippen LogP contribution in [0.1, 0.15) is 23.7 Å². The molecule has 96 valence electrons. The summed E-state index contributed by atoms with van der Waals surface area (Å²) in [7, 11) is 0. The van der Waals surface area contributed by atoms with Gasteiger partial charge in [0.05, 0.1) is 17.5 Å². The minimum Gasteiger partial charge on any atom is -0.460 e. The third-order valence-electron chi connectivity index (χ3n) is 2.07. The van der Waals surface area contributed by atoms with Gasteiger partial charge in [0, 0.05) is 5.56 Å². The largest absolute Gasteiger partial charge is 0.460 e. The Morgan fingerprint density at radius 1 is 1.33 bits per heavy atom. The zero-order valence-corrected chi connectivity index (χ0v) is 11.1. The summed E-state index contributed by atoms with van der Waals surface area (Å²) in [5, 5.41) is 0. The fraction of sp³-hybridized carbons (Fsp3) is 0.250. The van der Waals surface area contributed by atoms with Crippen molar-refractivity contribution in [2.24, 2.45) is 0 Å². The molecular weight excluding hydrogens is 307 g/mol. The summed E-state index contributed by atoms with van der Waals surface area (Å²) in [6.07, 6.45) is -0.586. The van der Waals surface area contributed by atoms with E-state index in [9.17, 15) is 18.8 Å². The molecule has 0 aliphatic heterocycles. The molecule has 0 bridgehead atoms. The van der Waals surface area contributed by atoms with Crippen molar-refractivity contribution >= 4 is 33.5 Å². The second-order valence-corrected chi connectivity index (χ2v) is 4.23. The summed E-state index contributed by atoms with van der Waals surface area (Å²) in [4.78, 5) is 34.0. The number of esters is 1. The Morgan fingerprint density at radius 3 is 2.56 bits per heavy atom. The number of halogens is 2. The molecule has 0 atom stereocenters. The third kappa shape index (κ3) is 3.73. The van der Waals surface area contributed by atoms with Gasteiger partial charge in [-0.15, -0.1) is 0 Å². The predicted octanol–water partition coefficient (Wildman–Crippen LogP) is 2.29. The Balaban J connectivity index is 2.73. The van der Waals surface area contributed by atoms with E-state index in [1.807, 2.05) is 0 Å². The summed E-state index contributed by atoms with van der Waals surface area (Å²) >= 11 is 2.93. The maximum atomic E-state index is 13.0. The molecule has 0 aliphatic rings. The minimum absolute atomic E-state index is 0.0703. The molecule has 0 N–H and O–H groups in total. The van der Waals surface area contributed by atoms with Gasteiger partial charge in [0.15, 0.2) is 5.78 Å². The number of ketones is 2. The smallest absolute Gasteiger partial charge is 0.375 e. The minimum atomic E-state index is -1.04. The highest BCUT2D eigenvalue weighted by atomic mass is 79.9.